The Morgan fingerprint density at radius 2 is 1.89 bits per heavy atom. The number of thiocarbonyl (C=S) groups is 1. The molecule has 0 saturated heterocycles. The molecule has 0 aliphatic heterocycles. The molecule has 4 nitrogen and oxygen atoms in total. The van der Waals surface area contributed by atoms with E-state index in [4.69, 9.17) is 27.4 Å². The van der Waals surface area contributed by atoms with Crippen LogP contribution in [0, 0.1) is 0 Å². The van der Waals surface area contributed by atoms with Gasteiger partial charge in [-0.3, -0.25) is 0 Å². The first-order chi connectivity index (χ1) is 8.65. The zero-order valence-corrected chi connectivity index (χ0v) is 11.7. The van der Waals surface area contributed by atoms with Crippen LogP contribution in [0.25, 0.3) is 0 Å². The van der Waals surface area contributed by atoms with Crippen LogP contribution < -0.4 is 10.6 Å². The number of methoxy groups -OCH3 is 1. The minimum atomic E-state index is 0.423. The average Bonchev–Trinajstić information content (AvgIpc) is 2.38. The molecule has 18 heavy (non-hydrogen) atoms. The summed E-state index contributed by atoms with van der Waals surface area (Å²) in [5, 5.41) is 0. The smallest absolute Gasteiger partial charge is 0.103 e. The molecular weight excluding hydrogens is 248 g/mol. The number of anilines is 1. The molecule has 0 fully saturated rings. The average molecular weight is 268 g/mol. The Morgan fingerprint density at radius 1 is 1.22 bits per heavy atom. The fraction of sp³-hybridized carbons (Fsp3) is 0.462. The van der Waals surface area contributed by atoms with E-state index < -0.39 is 0 Å². The second-order valence-electron chi connectivity index (χ2n) is 3.94. The van der Waals surface area contributed by atoms with Gasteiger partial charge in [-0.25, -0.2) is 0 Å². The molecule has 0 saturated carbocycles. The normalized spacial score (nSPS) is 10.3. The summed E-state index contributed by atoms with van der Waals surface area (Å²) in [5.41, 5.74) is 7.56. The molecule has 1 aromatic carbocycles. The summed E-state index contributed by atoms with van der Waals surface area (Å²) < 4.78 is 10.3. The SMILES string of the molecule is COCCOCCN(C)c1ccc(C(N)=S)cc1. The lowest BCUT2D eigenvalue weighted by atomic mass is 10.2. The van der Waals surface area contributed by atoms with Gasteiger partial charge in [0.05, 0.1) is 19.8 Å². The first-order valence-electron chi connectivity index (χ1n) is 5.83. The molecule has 0 heterocycles. The molecule has 5 heteroatoms. The van der Waals surface area contributed by atoms with Crippen molar-refractivity contribution in [2.75, 3.05) is 45.4 Å². The minimum Gasteiger partial charge on any atom is -0.389 e. The molecule has 0 atom stereocenters. The van der Waals surface area contributed by atoms with Crippen LogP contribution in [0.5, 0.6) is 0 Å². The van der Waals surface area contributed by atoms with E-state index in [0.717, 1.165) is 17.8 Å². The van der Waals surface area contributed by atoms with Crippen LogP contribution in [-0.4, -0.2) is 45.5 Å². The lowest BCUT2D eigenvalue weighted by Crippen LogP contribution is -2.23. The van der Waals surface area contributed by atoms with Gasteiger partial charge in [-0.2, -0.15) is 0 Å². The van der Waals surface area contributed by atoms with Gasteiger partial charge in [-0.15, -0.1) is 0 Å². The van der Waals surface area contributed by atoms with Crippen LogP contribution in [0.3, 0.4) is 0 Å². The zero-order valence-electron chi connectivity index (χ0n) is 10.9. The van der Waals surface area contributed by atoms with Gasteiger partial charge in [0.2, 0.25) is 0 Å². The fourth-order valence-corrected chi connectivity index (χ4v) is 1.59. The van der Waals surface area contributed by atoms with E-state index in [9.17, 15) is 0 Å². The number of nitrogens with zero attached hydrogens (tertiary/aromatic N) is 1. The predicted molar refractivity (Wildman–Crippen MR) is 78.3 cm³/mol. The summed E-state index contributed by atoms with van der Waals surface area (Å²) in [6, 6.07) is 7.87. The Morgan fingerprint density at radius 3 is 2.44 bits per heavy atom. The second kappa shape index (κ2) is 8.02. The van der Waals surface area contributed by atoms with Crippen LogP contribution in [0.15, 0.2) is 24.3 Å². The van der Waals surface area contributed by atoms with Gasteiger partial charge in [-0.1, -0.05) is 12.2 Å². The van der Waals surface area contributed by atoms with Crippen molar-refractivity contribution in [3.8, 4) is 0 Å². The molecule has 2 N–H and O–H groups in total. The Kier molecular flexibility index (Phi) is 6.64. The van der Waals surface area contributed by atoms with Crippen LogP contribution in [0.1, 0.15) is 5.56 Å². The molecule has 0 aliphatic carbocycles. The summed E-state index contributed by atoms with van der Waals surface area (Å²) in [7, 11) is 3.69. The van der Waals surface area contributed by atoms with Gasteiger partial charge in [-0.05, 0) is 24.3 Å². The molecule has 1 rings (SSSR count). The van der Waals surface area contributed by atoms with E-state index >= 15 is 0 Å². The molecule has 0 bridgehead atoms. The van der Waals surface area contributed by atoms with Crippen molar-refractivity contribution in [1.29, 1.82) is 0 Å². The molecular formula is C13H20N2O2S. The number of hydrogen-bond acceptors (Lipinski definition) is 4. The van der Waals surface area contributed by atoms with E-state index in [-0.39, 0.29) is 0 Å². The number of benzene rings is 1. The highest BCUT2D eigenvalue weighted by atomic mass is 32.1. The number of ether oxygens (including phenoxy) is 2. The third kappa shape index (κ3) is 5.00. The predicted octanol–water partition coefficient (Wildman–Crippen LogP) is 1.42. The highest BCUT2D eigenvalue weighted by Gasteiger charge is 2.02. The Hall–Kier alpha value is -1.17. The molecule has 0 aromatic heterocycles. The van der Waals surface area contributed by atoms with Crippen molar-refractivity contribution in [3.05, 3.63) is 29.8 Å². The fourth-order valence-electron chi connectivity index (χ4n) is 1.46. The van der Waals surface area contributed by atoms with E-state index in [1.165, 1.54) is 0 Å². The summed E-state index contributed by atoms with van der Waals surface area (Å²) in [6.45, 7) is 2.77. The van der Waals surface area contributed by atoms with Gasteiger partial charge in [0, 0.05) is 32.0 Å². The van der Waals surface area contributed by atoms with Crippen molar-refractivity contribution in [2.45, 2.75) is 0 Å². The standard InChI is InChI=1S/C13H20N2O2S/c1-15(7-8-17-10-9-16-2)12-5-3-11(4-6-12)13(14)18/h3-6H,7-10H2,1-2H3,(H2,14,18). The lowest BCUT2D eigenvalue weighted by molar-refractivity contribution is 0.0744. The summed E-state index contributed by atoms with van der Waals surface area (Å²) in [6.07, 6.45) is 0. The van der Waals surface area contributed by atoms with E-state index in [1.807, 2.05) is 31.3 Å². The highest BCUT2D eigenvalue weighted by molar-refractivity contribution is 7.80. The van der Waals surface area contributed by atoms with Gasteiger partial charge in [0.25, 0.3) is 0 Å². The monoisotopic (exact) mass is 268 g/mol. The maximum Gasteiger partial charge on any atom is 0.103 e. The second-order valence-corrected chi connectivity index (χ2v) is 4.38. The van der Waals surface area contributed by atoms with Crippen LogP contribution >= 0.6 is 12.2 Å². The number of likely N-dealkylation sites (N-methyl/N-ethyl adjacent to an activating group) is 1. The van der Waals surface area contributed by atoms with Crippen molar-refractivity contribution in [1.82, 2.24) is 0 Å². The molecule has 0 amide bonds. The van der Waals surface area contributed by atoms with E-state index in [1.54, 1.807) is 7.11 Å². The van der Waals surface area contributed by atoms with Gasteiger partial charge < -0.3 is 20.1 Å². The Balaban J connectivity index is 2.37. The summed E-state index contributed by atoms with van der Waals surface area (Å²) in [4.78, 5) is 2.54. The molecule has 0 aliphatic rings. The van der Waals surface area contributed by atoms with Crippen molar-refractivity contribution in [3.63, 3.8) is 0 Å². The highest BCUT2D eigenvalue weighted by Crippen LogP contribution is 2.13. The Labute approximate surface area is 114 Å². The van der Waals surface area contributed by atoms with Crippen molar-refractivity contribution in [2.24, 2.45) is 5.73 Å². The summed E-state index contributed by atoms with van der Waals surface area (Å²) in [5.74, 6) is 0. The molecule has 100 valence electrons. The van der Waals surface area contributed by atoms with Crippen LogP contribution in [0.4, 0.5) is 5.69 Å². The third-order valence-electron chi connectivity index (χ3n) is 2.60. The maximum absolute atomic E-state index is 5.55. The third-order valence-corrected chi connectivity index (χ3v) is 2.83. The quantitative estimate of drug-likeness (QED) is 0.571. The zero-order chi connectivity index (χ0) is 13.4. The molecule has 0 radical (unpaired) electrons. The summed E-state index contributed by atoms with van der Waals surface area (Å²) >= 11 is 4.91. The maximum atomic E-state index is 5.55. The first-order valence-corrected chi connectivity index (χ1v) is 6.23. The van der Waals surface area contributed by atoms with E-state index in [2.05, 4.69) is 4.90 Å². The van der Waals surface area contributed by atoms with Crippen LogP contribution in [-0.2, 0) is 9.47 Å². The molecule has 0 unspecified atom stereocenters. The number of rotatable bonds is 8. The number of nitrogens with two attached hydrogens (primary N) is 1. The van der Waals surface area contributed by atoms with Crippen molar-refractivity contribution < 1.29 is 9.47 Å². The largest absolute Gasteiger partial charge is 0.389 e. The van der Waals surface area contributed by atoms with Gasteiger partial charge >= 0.3 is 0 Å². The number of hydrogen-bond donors (Lipinski definition) is 1. The van der Waals surface area contributed by atoms with Gasteiger partial charge in [0.15, 0.2) is 0 Å². The molecule has 1 aromatic rings. The van der Waals surface area contributed by atoms with Crippen LogP contribution in [0.2, 0.25) is 0 Å². The first kappa shape index (κ1) is 14.9. The lowest BCUT2D eigenvalue weighted by Gasteiger charge is -2.19. The topological polar surface area (TPSA) is 47.7 Å². The van der Waals surface area contributed by atoms with E-state index in [0.29, 0.717) is 24.8 Å². The minimum absolute atomic E-state index is 0.423. The van der Waals surface area contributed by atoms with Crippen molar-refractivity contribution >= 4 is 22.9 Å². The van der Waals surface area contributed by atoms with Gasteiger partial charge in [0.1, 0.15) is 4.99 Å². The Bertz CT molecular complexity index is 368. The molecule has 0 spiro atoms.